The second-order valence-electron chi connectivity index (χ2n) is 4.03. The molecule has 0 aliphatic rings. The van der Waals surface area contributed by atoms with Crippen LogP contribution in [0.5, 0.6) is 0 Å². The second kappa shape index (κ2) is 5.09. The van der Waals surface area contributed by atoms with Crippen LogP contribution in [0.15, 0.2) is 18.5 Å². The highest BCUT2D eigenvalue weighted by Gasteiger charge is 2.09. The summed E-state index contributed by atoms with van der Waals surface area (Å²) < 4.78 is 3.60. The van der Waals surface area contributed by atoms with Crippen molar-refractivity contribution >= 4 is 0 Å². The predicted molar refractivity (Wildman–Crippen MR) is 62.2 cm³/mol. The minimum Gasteiger partial charge on any atom is -0.387 e. The smallest absolute Gasteiger partial charge is 0.111 e. The molecule has 0 spiro atoms. The molecule has 0 fully saturated rings. The third-order valence-electron chi connectivity index (χ3n) is 2.80. The van der Waals surface area contributed by atoms with Crippen molar-refractivity contribution in [2.75, 3.05) is 0 Å². The van der Waals surface area contributed by atoms with E-state index in [-0.39, 0.29) is 0 Å². The molecule has 2 aromatic heterocycles. The molecule has 0 aliphatic carbocycles. The molecule has 0 radical (unpaired) electrons. The Kier molecular flexibility index (Phi) is 3.53. The lowest BCUT2D eigenvalue weighted by atomic mass is 10.2. The Labute approximate surface area is 99.9 Å². The van der Waals surface area contributed by atoms with E-state index < -0.39 is 6.10 Å². The Morgan fingerprint density at radius 3 is 2.94 bits per heavy atom. The lowest BCUT2D eigenvalue weighted by Crippen LogP contribution is -2.06. The molecule has 0 amide bonds. The number of aliphatic hydroxyl groups excluding tert-OH is 1. The predicted octanol–water partition coefficient (Wildman–Crippen LogP) is 0.698. The average molecular weight is 235 g/mol. The number of aromatic nitrogens is 5. The minimum absolute atomic E-state index is 0.513. The van der Waals surface area contributed by atoms with Gasteiger partial charge in [0.15, 0.2) is 0 Å². The minimum atomic E-state index is -0.513. The maximum Gasteiger partial charge on any atom is 0.111 e. The van der Waals surface area contributed by atoms with E-state index in [2.05, 4.69) is 15.4 Å². The molecule has 0 saturated carbocycles. The fourth-order valence-electron chi connectivity index (χ4n) is 1.66. The summed E-state index contributed by atoms with van der Waals surface area (Å²) in [5.41, 5.74) is 1.79. The van der Waals surface area contributed by atoms with E-state index in [9.17, 15) is 5.11 Å². The number of aliphatic hydroxyl groups is 1. The molecule has 0 aromatic carbocycles. The molecule has 2 aromatic rings. The summed E-state index contributed by atoms with van der Waals surface area (Å²) in [4.78, 5) is 0. The van der Waals surface area contributed by atoms with Crippen LogP contribution in [-0.4, -0.2) is 29.9 Å². The molecule has 1 atom stereocenters. The molecule has 1 N–H and O–H groups in total. The lowest BCUT2D eigenvalue weighted by molar-refractivity contribution is 0.168. The van der Waals surface area contributed by atoms with Gasteiger partial charge in [-0.1, -0.05) is 12.1 Å². The van der Waals surface area contributed by atoms with Gasteiger partial charge >= 0.3 is 0 Å². The van der Waals surface area contributed by atoms with E-state index in [4.69, 9.17) is 0 Å². The van der Waals surface area contributed by atoms with Gasteiger partial charge in [0.05, 0.1) is 12.3 Å². The van der Waals surface area contributed by atoms with Crippen LogP contribution in [0, 0.1) is 0 Å². The first-order chi connectivity index (χ1) is 8.20. The molecule has 0 saturated heterocycles. The van der Waals surface area contributed by atoms with Gasteiger partial charge in [0.25, 0.3) is 0 Å². The molecule has 6 nitrogen and oxygen atoms in total. The molecule has 6 heteroatoms. The summed E-state index contributed by atoms with van der Waals surface area (Å²) in [6.07, 6.45) is 4.57. The van der Waals surface area contributed by atoms with E-state index in [0.29, 0.717) is 12.1 Å². The monoisotopic (exact) mass is 235 g/mol. The van der Waals surface area contributed by atoms with Crippen LogP contribution in [0.2, 0.25) is 0 Å². The Hall–Kier alpha value is -1.69. The molecule has 2 heterocycles. The molecule has 0 aliphatic heterocycles. The Morgan fingerprint density at radius 1 is 1.47 bits per heavy atom. The number of hydrogen-bond donors (Lipinski definition) is 1. The fourth-order valence-corrected chi connectivity index (χ4v) is 1.66. The van der Waals surface area contributed by atoms with Crippen molar-refractivity contribution in [2.24, 2.45) is 7.05 Å². The molecular weight excluding hydrogens is 218 g/mol. The summed E-state index contributed by atoms with van der Waals surface area (Å²) in [5, 5.41) is 21.7. The van der Waals surface area contributed by atoms with Crippen molar-refractivity contribution in [3.05, 3.63) is 29.8 Å². The topological polar surface area (TPSA) is 68.8 Å². The average Bonchev–Trinajstić information content (AvgIpc) is 2.94. The van der Waals surface area contributed by atoms with Gasteiger partial charge < -0.3 is 5.11 Å². The van der Waals surface area contributed by atoms with Crippen molar-refractivity contribution in [3.8, 4) is 0 Å². The van der Waals surface area contributed by atoms with Gasteiger partial charge in [-0.15, -0.1) is 5.10 Å². The van der Waals surface area contributed by atoms with Crippen molar-refractivity contribution in [1.82, 2.24) is 24.8 Å². The third-order valence-corrected chi connectivity index (χ3v) is 2.80. The highest BCUT2D eigenvalue weighted by Crippen LogP contribution is 2.12. The van der Waals surface area contributed by atoms with Crippen molar-refractivity contribution in [2.45, 2.75) is 32.4 Å². The number of nitrogens with zero attached hydrogens (tertiary/aromatic N) is 5. The SMILES string of the molecule is CCC(O)c1cn(CCc2ccnn2C)nn1. The van der Waals surface area contributed by atoms with E-state index in [1.807, 2.05) is 24.7 Å². The van der Waals surface area contributed by atoms with E-state index in [0.717, 1.165) is 18.7 Å². The largest absolute Gasteiger partial charge is 0.387 e. The zero-order valence-corrected chi connectivity index (χ0v) is 10.1. The van der Waals surface area contributed by atoms with Gasteiger partial charge in [-0.25, -0.2) is 0 Å². The van der Waals surface area contributed by atoms with Crippen LogP contribution in [0.25, 0.3) is 0 Å². The zero-order chi connectivity index (χ0) is 12.3. The number of aryl methyl sites for hydroxylation is 3. The molecule has 17 heavy (non-hydrogen) atoms. The van der Waals surface area contributed by atoms with Gasteiger partial charge in [0.1, 0.15) is 5.69 Å². The second-order valence-corrected chi connectivity index (χ2v) is 4.03. The summed E-state index contributed by atoms with van der Waals surface area (Å²) >= 11 is 0. The van der Waals surface area contributed by atoms with Gasteiger partial charge in [0, 0.05) is 31.9 Å². The maximum absolute atomic E-state index is 9.61. The Morgan fingerprint density at radius 2 is 2.29 bits per heavy atom. The third kappa shape index (κ3) is 2.71. The molecule has 2 rings (SSSR count). The van der Waals surface area contributed by atoms with E-state index in [1.165, 1.54) is 0 Å². The van der Waals surface area contributed by atoms with Crippen LogP contribution in [0.1, 0.15) is 30.8 Å². The van der Waals surface area contributed by atoms with Crippen LogP contribution in [0.4, 0.5) is 0 Å². The Balaban J connectivity index is 1.96. The number of hydrogen-bond acceptors (Lipinski definition) is 4. The molecular formula is C11H17N5O. The van der Waals surface area contributed by atoms with E-state index >= 15 is 0 Å². The maximum atomic E-state index is 9.61. The van der Waals surface area contributed by atoms with Crippen LogP contribution in [0.3, 0.4) is 0 Å². The standard InChI is InChI=1S/C11H17N5O/c1-3-11(17)10-8-16(14-13-10)7-5-9-4-6-12-15(9)2/h4,6,8,11,17H,3,5,7H2,1-2H3. The Bertz CT molecular complexity index is 476. The summed E-state index contributed by atoms with van der Waals surface area (Å²) in [7, 11) is 1.92. The zero-order valence-electron chi connectivity index (χ0n) is 10.1. The summed E-state index contributed by atoms with van der Waals surface area (Å²) in [5.74, 6) is 0. The van der Waals surface area contributed by atoms with Crippen molar-refractivity contribution < 1.29 is 5.11 Å². The molecule has 1 unspecified atom stereocenters. The van der Waals surface area contributed by atoms with Gasteiger partial charge in [-0.3, -0.25) is 9.36 Å². The highest BCUT2D eigenvalue weighted by molar-refractivity contribution is 5.01. The summed E-state index contributed by atoms with van der Waals surface area (Å²) in [6.45, 7) is 2.66. The van der Waals surface area contributed by atoms with Gasteiger partial charge in [0.2, 0.25) is 0 Å². The first-order valence-corrected chi connectivity index (χ1v) is 5.75. The van der Waals surface area contributed by atoms with E-state index in [1.54, 1.807) is 17.1 Å². The van der Waals surface area contributed by atoms with Gasteiger partial charge in [-0.05, 0) is 12.5 Å². The van der Waals surface area contributed by atoms with Crippen LogP contribution in [-0.2, 0) is 20.0 Å². The van der Waals surface area contributed by atoms with Crippen molar-refractivity contribution in [3.63, 3.8) is 0 Å². The van der Waals surface area contributed by atoms with Gasteiger partial charge in [-0.2, -0.15) is 5.10 Å². The lowest BCUT2D eigenvalue weighted by Gasteiger charge is -2.02. The quantitative estimate of drug-likeness (QED) is 0.828. The fraction of sp³-hybridized carbons (Fsp3) is 0.545. The van der Waals surface area contributed by atoms with Crippen molar-refractivity contribution in [1.29, 1.82) is 0 Å². The van der Waals surface area contributed by atoms with Crippen LogP contribution >= 0.6 is 0 Å². The highest BCUT2D eigenvalue weighted by atomic mass is 16.3. The molecule has 0 bridgehead atoms. The summed E-state index contributed by atoms with van der Waals surface area (Å²) in [6, 6.07) is 1.98. The molecule has 92 valence electrons. The first kappa shape index (κ1) is 11.8. The normalized spacial score (nSPS) is 12.9. The van der Waals surface area contributed by atoms with Crippen LogP contribution < -0.4 is 0 Å². The number of rotatable bonds is 5. The first-order valence-electron chi connectivity index (χ1n) is 5.75.